The van der Waals surface area contributed by atoms with Crippen molar-refractivity contribution in [3.05, 3.63) is 40.8 Å². The zero-order valence-corrected chi connectivity index (χ0v) is 9.82. The summed E-state index contributed by atoms with van der Waals surface area (Å²) >= 11 is 3.37. The zero-order valence-electron chi connectivity index (χ0n) is 8.24. The molecule has 0 bridgehead atoms. The highest BCUT2D eigenvalue weighted by molar-refractivity contribution is 9.10. The quantitative estimate of drug-likeness (QED) is 0.861. The maximum atomic E-state index is 5.80. The summed E-state index contributed by atoms with van der Waals surface area (Å²) in [5.74, 6) is 0.517. The second-order valence-electron chi connectivity index (χ2n) is 3.27. The Morgan fingerprint density at radius 3 is 2.67 bits per heavy atom. The lowest BCUT2D eigenvalue weighted by Gasteiger charge is -2.05. The van der Waals surface area contributed by atoms with Crippen LogP contribution in [0.15, 0.2) is 35.1 Å². The van der Waals surface area contributed by atoms with E-state index in [-0.39, 0.29) is 0 Å². The van der Waals surface area contributed by atoms with Gasteiger partial charge in [-0.05, 0) is 35.0 Å². The third-order valence-electron chi connectivity index (χ3n) is 2.11. The molecule has 2 N–H and O–H groups in total. The van der Waals surface area contributed by atoms with Crippen LogP contribution >= 0.6 is 15.9 Å². The summed E-state index contributed by atoms with van der Waals surface area (Å²) in [6.45, 7) is 1.95. The van der Waals surface area contributed by atoms with Gasteiger partial charge in [-0.3, -0.25) is 4.98 Å². The second-order valence-corrected chi connectivity index (χ2v) is 4.19. The molecule has 0 saturated heterocycles. The Morgan fingerprint density at radius 1 is 1.20 bits per heavy atom. The van der Waals surface area contributed by atoms with Crippen LogP contribution < -0.4 is 5.73 Å². The van der Waals surface area contributed by atoms with E-state index in [4.69, 9.17) is 5.73 Å². The number of hydrogen-bond donors (Lipinski definition) is 1. The van der Waals surface area contributed by atoms with E-state index in [2.05, 4.69) is 25.9 Å². The van der Waals surface area contributed by atoms with Gasteiger partial charge in [0.15, 0.2) is 0 Å². The number of hydrogen-bond acceptors (Lipinski definition) is 3. The summed E-state index contributed by atoms with van der Waals surface area (Å²) in [5, 5.41) is 0. The fraction of sp³-hybridized carbons (Fsp3) is 0.0909. The topological polar surface area (TPSA) is 51.8 Å². The van der Waals surface area contributed by atoms with Crippen LogP contribution in [-0.4, -0.2) is 9.97 Å². The van der Waals surface area contributed by atoms with Gasteiger partial charge in [-0.25, -0.2) is 4.98 Å². The van der Waals surface area contributed by atoms with Crippen molar-refractivity contribution in [2.45, 2.75) is 6.92 Å². The molecule has 0 radical (unpaired) electrons. The average molecular weight is 264 g/mol. The predicted molar refractivity (Wildman–Crippen MR) is 64.3 cm³/mol. The number of aryl methyl sites for hydroxylation is 1. The van der Waals surface area contributed by atoms with Crippen LogP contribution in [0, 0.1) is 6.92 Å². The lowest BCUT2D eigenvalue weighted by molar-refractivity contribution is 1.20. The summed E-state index contributed by atoms with van der Waals surface area (Å²) < 4.78 is 0.910. The number of rotatable bonds is 1. The minimum Gasteiger partial charge on any atom is -0.383 e. The van der Waals surface area contributed by atoms with Crippen LogP contribution in [0.1, 0.15) is 5.69 Å². The van der Waals surface area contributed by atoms with E-state index in [1.165, 1.54) is 0 Å². The molecule has 76 valence electrons. The lowest BCUT2D eigenvalue weighted by atomic mass is 10.1. The monoisotopic (exact) mass is 263 g/mol. The van der Waals surface area contributed by atoms with Crippen LogP contribution in [0.5, 0.6) is 0 Å². The van der Waals surface area contributed by atoms with Crippen molar-refractivity contribution in [2.24, 2.45) is 0 Å². The molecule has 0 saturated carbocycles. The predicted octanol–water partition coefficient (Wildman–Crippen LogP) is 2.80. The van der Waals surface area contributed by atoms with Gasteiger partial charge in [-0.2, -0.15) is 0 Å². The van der Waals surface area contributed by atoms with E-state index >= 15 is 0 Å². The molecule has 0 spiro atoms. The highest BCUT2D eigenvalue weighted by atomic mass is 79.9. The molecule has 2 rings (SSSR count). The molecule has 2 aromatic rings. The minimum absolute atomic E-state index is 0.517. The molecular weight excluding hydrogens is 254 g/mol. The third-order valence-corrected chi connectivity index (χ3v) is 2.54. The van der Waals surface area contributed by atoms with E-state index in [1.54, 1.807) is 12.4 Å². The molecule has 2 aromatic heterocycles. The van der Waals surface area contributed by atoms with Gasteiger partial charge < -0.3 is 5.73 Å². The van der Waals surface area contributed by atoms with Crippen molar-refractivity contribution in [2.75, 3.05) is 5.73 Å². The van der Waals surface area contributed by atoms with E-state index in [0.717, 1.165) is 21.3 Å². The molecule has 0 aliphatic carbocycles. The van der Waals surface area contributed by atoms with E-state index in [1.807, 2.05) is 25.1 Å². The Hall–Kier alpha value is -1.42. The number of anilines is 1. The lowest BCUT2D eigenvalue weighted by Crippen LogP contribution is -1.94. The normalized spacial score (nSPS) is 10.3. The Labute approximate surface area is 96.5 Å². The third kappa shape index (κ3) is 2.15. The summed E-state index contributed by atoms with van der Waals surface area (Å²) in [4.78, 5) is 8.31. The molecule has 3 nitrogen and oxygen atoms in total. The second kappa shape index (κ2) is 3.98. The van der Waals surface area contributed by atoms with Crippen molar-refractivity contribution in [3.8, 4) is 11.1 Å². The minimum atomic E-state index is 0.517. The maximum Gasteiger partial charge on any atom is 0.131 e. The Morgan fingerprint density at radius 2 is 2.00 bits per heavy atom. The Kier molecular flexibility index (Phi) is 2.68. The molecule has 0 fully saturated rings. The summed E-state index contributed by atoms with van der Waals surface area (Å²) in [6.07, 6.45) is 3.48. The SMILES string of the molecule is Cc1ccc(-c2cc(Br)cnc2N)cn1. The molecule has 0 aliphatic rings. The number of nitrogens with zero attached hydrogens (tertiary/aromatic N) is 2. The molecule has 0 amide bonds. The number of pyridine rings is 2. The van der Waals surface area contributed by atoms with Gasteiger partial charge in [-0.1, -0.05) is 6.07 Å². The molecule has 0 atom stereocenters. The van der Waals surface area contributed by atoms with Crippen LogP contribution in [0.2, 0.25) is 0 Å². The Balaban J connectivity index is 2.53. The number of halogens is 1. The highest BCUT2D eigenvalue weighted by Crippen LogP contribution is 2.26. The van der Waals surface area contributed by atoms with Crippen molar-refractivity contribution in [1.82, 2.24) is 9.97 Å². The number of aromatic nitrogens is 2. The van der Waals surface area contributed by atoms with Crippen molar-refractivity contribution in [1.29, 1.82) is 0 Å². The Bertz CT molecular complexity index is 480. The van der Waals surface area contributed by atoms with Crippen molar-refractivity contribution in [3.63, 3.8) is 0 Å². The van der Waals surface area contributed by atoms with Crippen LogP contribution in [0.4, 0.5) is 5.82 Å². The number of nitrogen functional groups attached to an aromatic ring is 1. The zero-order chi connectivity index (χ0) is 10.8. The fourth-order valence-corrected chi connectivity index (χ4v) is 1.64. The fourth-order valence-electron chi connectivity index (χ4n) is 1.31. The van der Waals surface area contributed by atoms with Crippen LogP contribution in [-0.2, 0) is 0 Å². The maximum absolute atomic E-state index is 5.80. The molecule has 15 heavy (non-hydrogen) atoms. The highest BCUT2D eigenvalue weighted by Gasteiger charge is 2.04. The summed E-state index contributed by atoms with van der Waals surface area (Å²) in [6, 6.07) is 5.88. The standard InChI is InChI=1S/C11H10BrN3/c1-7-2-3-8(5-14-7)10-4-9(12)6-15-11(10)13/h2-6H,1H3,(H2,13,15). The smallest absolute Gasteiger partial charge is 0.131 e. The molecular formula is C11H10BrN3. The molecule has 0 aromatic carbocycles. The van der Waals surface area contributed by atoms with Gasteiger partial charge >= 0.3 is 0 Å². The van der Waals surface area contributed by atoms with Crippen LogP contribution in [0.25, 0.3) is 11.1 Å². The first-order chi connectivity index (χ1) is 7.16. The molecule has 4 heteroatoms. The van der Waals surface area contributed by atoms with Crippen LogP contribution in [0.3, 0.4) is 0 Å². The largest absolute Gasteiger partial charge is 0.383 e. The summed E-state index contributed by atoms with van der Waals surface area (Å²) in [5.41, 5.74) is 8.66. The van der Waals surface area contributed by atoms with Gasteiger partial charge in [0.25, 0.3) is 0 Å². The first-order valence-corrected chi connectivity index (χ1v) is 5.30. The van der Waals surface area contributed by atoms with E-state index in [0.29, 0.717) is 5.82 Å². The summed E-state index contributed by atoms with van der Waals surface area (Å²) in [7, 11) is 0. The van der Waals surface area contributed by atoms with Gasteiger partial charge in [0.1, 0.15) is 5.82 Å². The first kappa shape index (κ1) is 10.1. The number of nitrogens with two attached hydrogens (primary N) is 1. The van der Waals surface area contributed by atoms with Crippen molar-refractivity contribution >= 4 is 21.7 Å². The van der Waals surface area contributed by atoms with Gasteiger partial charge in [0, 0.05) is 33.7 Å². The van der Waals surface area contributed by atoms with Crippen molar-refractivity contribution < 1.29 is 0 Å². The van der Waals surface area contributed by atoms with Gasteiger partial charge in [-0.15, -0.1) is 0 Å². The first-order valence-electron chi connectivity index (χ1n) is 4.51. The molecule has 2 heterocycles. The van der Waals surface area contributed by atoms with Gasteiger partial charge in [0.05, 0.1) is 0 Å². The van der Waals surface area contributed by atoms with Gasteiger partial charge in [0.2, 0.25) is 0 Å². The molecule has 0 unspecified atom stereocenters. The van der Waals surface area contributed by atoms with E-state index in [9.17, 15) is 0 Å². The van der Waals surface area contributed by atoms with E-state index < -0.39 is 0 Å². The average Bonchev–Trinajstić information content (AvgIpc) is 2.23. The molecule has 0 aliphatic heterocycles.